The van der Waals surface area contributed by atoms with E-state index in [0.717, 1.165) is 21.4 Å². The van der Waals surface area contributed by atoms with Gasteiger partial charge in [-0.3, -0.25) is 4.98 Å². The zero-order chi connectivity index (χ0) is 18.3. The van der Waals surface area contributed by atoms with Gasteiger partial charge in [0.2, 0.25) is 0 Å². The minimum Gasteiger partial charge on any atom is -0.252 e. The zero-order valence-electron chi connectivity index (χ0n) is 14.2. The van der Waals surface area contributed by atoms with Crippen LogP contribution in [-0.2, 0) is 0 Å². The van der Waals surface area contributed by atoms with Crippen LogP contribution in [-0.4, -0.2) is 34.2 Å². The summed E-state index contributed by atoms with van der Waals surface area (Å²) in [6.45, 7) is 0. The molecule has 0 aromatic carbocycles. The van der Waals surface area contributed by atoms with Crippen LogP contribution in [0.15, 0.2) is 91.4 Å². The number of hydrogen-bond donors (Lipinski definition) is 0. The fourth-order valence-corrected chi connectivity index (χ4v) is 3.06. The third-order valence-corrected chi connectivity index (χ3v) is 4.42. The lowest BCUT2D eigenvalue weighted by Crippen LogP contribution is -1.87. The molecule has 0 spiro atoms. The van der Waals surface area contributed by atoms with Crippen molar-refractivity contribution < 1.29 is 0 Å². The summed E-state index contributed by atoms with van der Waals surface area (Å²) in [5.74, 6) is 0. The fourth-order valence-electron chi connectivity index (χ4n) is 2.37. The lowest BCUT2D eigenvalue weighted by molar-refractivity contribution is 0.903. The minimum absolute atomic E-state index is 0.988. The normalized spacial score (nSPS) is 10.2. The highest BCUT2D eigenvalue weighted by Crippen LogP contribution is 2.13. The smallest absolute Gasteiger partial charge is 0.141 e. The molecule has 0 radical (unpaired) electrons. The molecule has 6 aromatic heterocycles. The largest absolute Gasteiger partial charge is 0.252 e. The first-order chi connectivity index (χ1) is 13.4. The van der Waals surface area contributed by atoms with Crippen molar-refractivity contribution >= 4 is 32.7 Å². The maximum atomic E-state index is 4.10. The Labute approximate surface area is 158 Å². The lowest BCUT2D eigenvalue weighted by atomic mass is 10.5. The van der Waals surface area contributed by atoms with Crippen molar-refractivity contribution in [2.24, 2.45) is 0 Å². The number of hydrogen-bond acceptors (Lipinski definition) is 6. The molecule has 6 heterocycles. The van der Waals surface area contributed by atoms with Gasteiger partial charge in [-0.2, -0.15) is 10.2 Å². The minimum atomic E-state index is 0.988. The third kappa shape index (κ3) is 4.13. The van der Waals surface area contributed by atoms with Crippen LogP contribution >= 0.6 is 11.3 Å². The molecule has 0 saturated heterocycles. The molecule has 0 atom stereocenters. The number of rotatable bonds is 0. The van der Waals surface area contributed by atoms with Crippen molar-refractivity contribution in [2.75, 3.05) is 0 Å². The number of fused-ring (bicyclic) bond motifs is 3. The Hall–Kier alpha value is -3.65. The van der Waals surface area contributed by atoms with Crippen LogP contribution in [0.5, 0.6) is 0 Å². The first-order valence-corrected chi connectivity index (χ1v) is 9.04. The topological polar surface area (TPSA) is 73.3 Å². The molecule has 0 aliphatic heterocycles. The zero-order valence-corrected chi connectivity index (χ0v) is 15.0. The van der Waals surface area contributed by atoms with E-state index < -0.39 is 0 Å². The molecule has 132 valence electrons. The molecule has 0 aliphatic rings. The highest BCUT2D eigenvalue weighted by atomic mass is 32.1. The molecular weight excluding hydrogens is 358 g/mol. The molecule has 27 heavy (non-hydrogen) atoms. The lowest BCUT2D eigenvalue weighted by Gasteiger charge is -1.87. The van der Waals surface area contributed by atoms with Crippen molar-refractivity contribution in [3.8, 4) is 0 Å². The van der Waals surface area contributed by atoms with E-state index in [4.69, 9.17) is 0 Å². The van der Waals surface area contributed by atoms with Gasteiger partial charge in [-0.15, -0.1) is 11.3 Å². The molecule has 0 bridgehead atoms. The van der Waals surface area contributed by atoms with Gasteiger partial charge >= 0.3 is 0 Å². The molecule has 6 rings (SSSR count). The van der Waals surface area contributed by atoms with E-state index in [2.05, 4.69) is 25.1 Å². The molecule has 0 saturated carbocycles. The number of thiophene rings is 1. The Morgan fingerprint density at radius 1 is 0.741 bits per heavy atom. The van der Waals surface area contributed by atoms with Crippen LogP contribution in [0.2, 0.25) is 0 Å². The van der Waals surface area contributed by atoms with Crippen LogP contribution in [0.3, 0.4) is 0 Å². The summed E-state index contributed by atoms with van der Waals surface area (Å²) in [5.41, 5.74) is 3.15. The Kier molecular flexibility index (Phi) is 5.07. The molecule has 0 amide bonds. The van der Waals surface area contributed by atoms with Crippen LogP contribution < -0.4 is 0 Å². The molecule has 0 N–H and O–H groups in total. The molecule has 0 aliphatic carbocycles. The fraction of sp³-hybridized carbons (Fsp3) is 0. The SMILES string of the molecule is c1cc2cncnn2c1.c1cnc2sccc2n1.c1cnn2cccc2c1. The second-order valence-corrected chi connectivity index (χ2v) is 6.25. The second kappa shape index (κ2) is 8.15. The van der Waals surface area contributed by atoms with Gasteiger partial charge < -0.3 is 0 Å². The summed E-state index contributed by atoms with van der Waals surface area (Å²) < 4.78 is 3.60. The van der Waals surface area contributed by atoms with Gasteiger partial charge in [0.1, 0.15) is 11.2 Å². The molecular formula is C19H15N7S. The van der Waals surface area contributed by atoms with Crippen LogP contribution in [0, 0.1) is 0 Å². The van der Waals surface area contributed by atoms with Gasteiger partial charge in [0.15, 0.2) is 0 Å². The van der Waals surface area contributed by atoms with E-state index in [9.17, 15) is 0 Å². The monoisotopic (exact) mass is 373 g/mol. The predicted molar refractivity (Wildman–Crippen MR) is 106 cm³/mol. The van der Waals surface area contributed by atoms with Gasteiger partial charge in [-0.05, 0) is 47.8 Å². The maximum Gasteiger partial charge on any atom is 0.141 e. The molecule has 7 nitrogen and oxygen atoms in total. The Balaban J connectivity index is 0.0000001000. The van der Waals surface area contributed by atoms with Crippen LogP contribution in [0.4, 0.5) is 0 Å². The van der Waals surface area contributed by atoms with Gasteiger partial charge in [-0.25, -0.2) is 19.0 Å². The maximum absolute atomic E-state index is 4.10. The molecule has 0 fully saturated rings. The summed E-state index contributed by atoms with van der Waals surface area (Å²) in [7, 11) is 0. The van der Waals surface area contributed by atoms with Crippen molar-refractivity contribution in [1.82, 2.24) is 34.2 Å². The third-order valence-electron chi connectivity index (χ3n) is 3.61. The standard InChI is InChI=1S/C7H6N2.C6H5N3.C6H4N2S/c1-3-7-4-2-6-9(7)8-5-1;1-2-6-4-7-5-8-9(6)3-1;1-4-9-6-5(1)7-2-3-8-6/h1-6H;1-5H;1-4H. The highest BCUT2D eigenvalue weighted by Gasteiger charge is 1.91. The van der Waals surface area contributed by atoms with Crippen molar-refractivity contribution in [1.29, 1.82) is 0 Å². The highest BCUT2D eigenvalue weighted by molar-refractivity contribution is 7.16. The number of aromatic nitrogens is 7. The van der Waals surface area contributed by atoms with E-state index in [-0.39, 0.29) is 0 Å². The van der Waals surface area contributed by atoms with E-state index in [0.29, 0.717) is 0 Å². The van der Waals surface area contributed by atoms with Crippen LogP contribution in [0.1, 0.15) is 0 Å². The van der Waals surface area contributed by atoms with Gasteiger partial charge in [-0.1, -0.05) is 0 Å². The van der Waals surface area contributed by atoms with Crippen molar-refractivity contribution in [2.45, 2.75) is 0 Å². The summed E-state index contributed by atoms with van der Waals surface area (Å²) in [6, 6.07) is 13.8. The summed E-state index contributed by atoms with van der Waals surface area (Å²) in [6.07, 6.45) is 12.3. The first kappa shape index (κ1) is 16.8. The van der Waals surface area contributed by atoms with E-state index in [1.807, 2.05) is 64.8 Å². The van der Waals surface area contributed by atoms with E-state index in [1.165, 1.54) is 6.33 Å². The van der Waals surface area contributed by atoms with Crippen molar-refractivity contribution in [3.63, 3.8) is 0 Å². The van der Waals surface area contributed by atoms with E-state index >= 15 is 0 Å². The quantitative estimate of drug-likeness (QED) is 0.405. The van der Waals surface area contributed by atoms with Crippen molar-refractivity contribution in [3.05, 3.63) is 91.4 Å². The second-order valence-electron chi connectivity index (χ2n) is 5.36. The molecule has 6 aromatic rings. The molecule has 8 heteroatoms. The van der Waals surface area contributed by atoms with Gasteiger partial charge in [0.05, 0.1) is 22.7 Å². The Morgan fingerprint density at radius 3 is 2.33 bits per heavy atom. The Bertz CT molecular complexity index is 1010. The summed E-state index contributed by atoms with van der Waals surface area (Å²) >= 11 is 1.61. The molecule has 0 unspecified atom stereocenters. The summed E-state index contributed by atoms with van der Waals surface area (Å²) in [4.78, 5) is 13.1. The first-order valence-electron chi connectivity index (χ1n) is 8.16. The average molecular weight is 373 g/mol. The van der Waals surface area contributed by atoms with Gasteiger partial charge in [0.25, 0.3) is 0 Å². The Morgan fingerprint density at radius 2 is 1.52 bits per heavy atom. The average Bonchev–Trinajstić information content (AvgIpc) is 3.48. The summed E-state index contributed by atoms with van der Waals surface area (Å²) in [5, 5.41) is 10.00. The van der Waals surface area contributed by atoms with Crippen LogP contribution in [0.25, 0.3) is 21.4 Å². The van der Waals surface area contributed by atoms with Gasteiger partial charge in [0, 0.05) is 31.0 Å². The van der Waals surface area contributed by atoms with E-state index in [1.54, 1.807) is 40.6 Å². The predicted octanol–water partition coefficient (Wildman–Crippen LogP) is 3.75. The number of nitrogens with zero attached hydrogens (tertiary/aromatic N) is 7.